The van der Waals surface area contributed by atoms with Gasteiger partial charge in [-0.2, -0.15) is 0 Å². The van der Waals surface area contributed by atoms with E-state index in [0.717, 1.165) is 24.1 Å². The Bertz CT molecular complexity index is 886. The highest BCUT2D eigenvalue weighted by Crippen LogP contribution is 2.07. The van der Waals surface area contributed by atoms with Gasteiger partial charge in [-0.15, -0.1) is 24.0 Å². The molecule has 0 aliphatic heterocycles. The van der Waals surface area contributed by atoms with Crippen molar-refractivity contribution in [2.45, 2.75) is 26.8 Å². The van der Waals surface area contributed by atoms with Crippen LogP contribution in [0, 0.1) is 0 Å². The highest BCUT2D eigenvalue weighted by atomic mass is 127. The summed E-state index contributed by atoms with van der Waals surface area (Å²) >= 11 is 0. The van der Waals surface area contributed by atoms with E-state index >= 15 is 0 Å². The minimum absolute atomic E-state index is 0. The molecule has 2 amide bonds. The maximum Gasteiger partial charge on any atom is 0.251 e. The van der Waals surface area contributed by atoms with Crippen molar-refractivity contribution in [2.24, 2.45) is 4.99 Å². The Morgan fingerprint density at radius 3 is 2.10 bits per heavy atom. The third-order valence-corrected chi connectivity index (χ3v) is 4.41. The van der Waals surface area contributed by atoms with Gasteiger partial charge in [0.15, 0.2) is 5.96 Å². The van der Waals surface area contributed by atoms with Crippen LogP contribution in [-0.2, 0) is 13.0 Å². The van der Waals surface area contributed by atoms with Crippen LogP contribution in [0.1, 0.15) is 45.7 Å². The molecule has 0 unspecified atom stereocenters. The molecule has 0 heterocycles. The van der Waals surface area contributed by atoms with Crippen molar-refractivity contribution >= 4 is 41.8 Å². The Balaban J connectivity index is 0.00000480. The van der Waals surface area contributed by atoms with E-state index in [1.165, 1.54) is 0 Å². The molecular formula is C23H32IN5O2. The molecule has 0 radical (unpaired) electrons. The molecule has 0 fully saturated rings. The van der Waals surface area contributed by atoms with Crippen LogP contribution in [-0.4, -0.2) is 44.5 Å². The average molecular weight is 537 g/mol. The minimum Gasteiger partial charge on any atom is -0.357 e. The first-order valence-corrected chi connectivity index (χ1v) is 10.3. The van der Waals surface area contributed by atoms with E-state index < -0.39 is 0 Å². The molecule has 0 aliphatic carbocycles. The van der Waals surface area contributed by atoms with E-state index in [2.05, 4.69) is 26.3 Å². The van der Waals surface area contributed by atoms with Crippen molar-refractivity contribution in [1.82, 2.24) is 21.3 Å². The number of nitrogens with one attached hydrogen (secondary N) is 4. The molecule has 0 aliphatic rings. The van der Waals surface area contributed by atoms with Gasteiger partial charge >= 0.3 is 0 Å². The highest BCUT2D eigenvalue weighted by Gasteiger charge is 2.06. The van der Waals surface area contributed by atoms with Gasteiger partial charge in [0.25, 0.3) is 11.8 Å². The van der Waals surface area contributed by atoms with Crippen molar-refractivity contribution in [3.63, 3.8) is 0 Å². The number of aliphatic imine (C=N–C) groups is 1. The van der Waals surface area contributed by atoms with Gasteiger partial charge in [-0.25, -0.2) is 4.99 Å². The Morgan fingerprint density at radius 1 is 0.839 bits per heavy atom. The highest BCUT2D eigenvalue weighted by molar-refractivity contribution is 14.0. The van der Waals surface area contributed by atoms with E-state index in [9.17, 15) is 9.59 Å². The van der Waals surface area contributed by atoms with Crippen molar-refractivity contribution in [3.8, 4) is 0 Å². The number of rotatable bonds is 9. The van der Waals surface area contributed by atoms with Gasteiger partial charge in [-0.3, -0.25) is 9.59 Å². The number of carbonyl (C=O) groups is 2. The quantitative estimate of drug-likeness (QED) is 0.225. The molecule has 2 aromatic rings. The van der Waals surface area contributed by atoms with Crippen LogP contribution >= 0.6 is 24.0 Å². The van der Waals surface area contributed by atoms with Crippen LogP contribution in [0.3, 0.4) is 0 Å². The lowest BCUT2D eigenvalue weighted by Gasteiger charge is -2.12. The van der Waals surface area contributed by atoms with E-state index in [4.69, 9.17) is 0 Å². The van der Waals surface area contributed by atoms with Crippen LogP contribution in [0.25, 0.3) is 0 Å². The molecule has 0 saturated heterocycles. The molecule has 0 atom stereocenters. The third-order valence-electron chi connectivity index (χ3n) is 4.41. The lowest BCUT2D eigenvalue weighted by atomic mass is 10.1. The molecule has 0 saturated carbocycles. The normalized spacial score (nSPS) is 10.6. The number of nitrogens with zero attached hydrogens (tertiary/aromatic N) is 1. The maximum atomic E-state index is 12.0. The number of amides is 2. The molecule has 2 aromatic carbocycles. The second-order valence-electron chi connectivity index (χ2n) is 6.71. The lowest BCUT2D eigenvalue weighted by molar-refractivity contribution is 0.0950. The zero-order valence-electron chi connectivity index (χ0n) is 18.3. The molecular weight excluding hydrogens is 505 g/mol. The van der Waals surface area contributed by atoms with Crippen LogP contribution in [0.5, 0.6) is 0 Å². The van der Waals surface area contributed by atoms with Crippen molar-refractivity contribution < 1.29 is 9.59 Å². The summed E-state index contributed by atoms with van der Waals surface area (Å²) < 4.78 is 0. The molecule has 0 bridgehead atoms. The number of benzene rings is 2. The van der Waals surface area contributed by atoms with Gasteiger partial charge in [0.05, 0.1) is 6.54 Å². The van der Waals surface area contributed by atoms with Crippen LogP contribution in [0.2, 0.25) is 0 Å². The van der Waals surface area contributed by atoms with Gasteiger partial charge in [0.2, 0.25) is 0 Å². The molecule has 31 heavy (non-hydrogen) atoms. The summed E-state index contributed by atoms with van der Waals surface area (Å²) in [5, 5.41) is 12.0. The van der Waals surface area contributed by atoms with Crippen LogP contribution in [0.4, 0.5) is 0 Å². The molecule has 8 heteroatoms. The van der Waals surface area contributed by atoms with Crippen LogP contribution < -0.4 is 21.3 Å². The van der Waals surface area contributed by atoms with Gasteiger partial charge in [-0.05, 0) is 55.7 Å². The van der Waals surface area contributed by atoms with Gasteiger partial charge in [0, 0.05) is 37.8 Å². The fourth-order valence-electron chi connectivity index (χ4n) is 2.92. The van der Waals surface area contributed by atoms with Crippen molar-refractivity contribution in [2.75, 3.05) is 26.7 Å². The van der Waals surface area contributed by atoms with E-state index in [1.807, 2.05) is 50.2 Å². The summed E-state index contributed by atoms with van der Waals surface area (Å²) in [7, 11) is 1.63. The first kappa shape index (κ1) is 26.4. The van der Waals surface area contributed by atoms with E-state index in [-0.39, 0.29) is 35.8 Å². The predicted octanol–water partition coefficient (Wildman–Crippen LogP) is 2.71. The SMILES string of the molecule is CCNC(=O)c1cccc(CN=C(NCC)NCCc2cccc(C(=O)NC)c2)c1.I. The topological polar surface area (TPSA) is 94.6 Å². The Labute approximate surface area is 201 Å². The molecule has 2 rings (SSSR count). The standard InChI is InChI=1S/C23H31N5O2.HI/c1-4-25-22(30)20-11-7-9-18(15-20)16-28-23(26-5-2)27-13-12-17-8-6-10-19(14-17)21(29)24-3;/h6-11,14-15H,4-5,12-13,16H2,1-3H3,(H,24,29)(H,25,30)(H2,26,27,28);1H. The average Bonchev–Trinajstić information content (AvgIpc) is 2.77. The van der Waals surface area contributed by atoms with Gasteiger partial charge in [-0.1, -0.05) is 24.3 Å². The fourth-order valence-corrected chi connectivity index (χ4v) is 2.92. The summed E-state index contributed by atoms with van der Waals surface area (Å²) in [4.78, 5) is 28.4. The third kappa shape index (κ3) is 8.95. The number of carbonyl (C=O) groups excluding carboxylic acids is 2. The smallest absolute Gasteiger partial charge is 0.251 e. The minimum atomic E-state index is -0.0884. The van der Waals surface area contributed by atoms with Gasteiger partial charge < -0.3 is 21.3 Å². The largest absolute Gasteiger partial charge is 0.357 e. The number of halogens is 1. The first-order valence-electron chi connectivity index (χ1n) is 10.3. The molecule has 0 aromatic heterocycles. The predicted molar refractivity (Wildman–Crippen MR) is 136 cm³/mol. The Kier molecular flexibility index (Phi) is 12.3. The maximum absolute atomic E-state index is 12.0. The monoisotopic (exact) mass is 537 g/mol. The fraction of sp³-hybridized carbons (Fsp3) is 0.348. The zero-order chi connectivity index (χ0) is 21.8. The summed E-state index contributed by atoms with van der Waals surface area (Å²) in [6.07, 6.45) is 0.766. The summed E-state index contributed by atoms with van der Waals surface area (Å²) in [6.45, 7) is 6.41. The second kappa shape index (κ2) is 14.4. The Hall–Kier alpha value is -2.62. The Morgan fingerprint density at radius 2 is 1.45 bits per heavy atom. The summed E-state index contributed by atoms with van der Waals surface area (Å²) in [5.74, 6) is 0.547. The first-order chi connectivity index (χ1) is 14.6. The van der Waals surface area contributed by atoms with E-state index in [1.54, 1.807) is 19.2 Å². The second-order valence-corrected chi connectivity index (χ2v) is 6.71. The lowest BCUT2D eigenvalue weighted by Crippen LogP contribution is -2.38. The van der Waals surface area contributed by atoms with Gasteiger partial charge in [0.1, 0.15) is 0 Å². The summed E-state index contributed by atoms with van der Waals surface area (Å²) in [5.41, 5.74) is 3.34. The van der Waals surface area contributed by atoms with Crippen LogP contribution in [0.15, 0.2) is 53.5 Å². The molecule has 168 valence electrons. The van der Waals surface area contributed by atoms with Crippen molar-refractivity contribution in [1.29, 1.82) is 0 Å². The number of hydrogen-bond acceptors (Lipinski definition) is 3. The molecule has 4 N–H and O–H groups in total. The molecule has 0 spiro atoms. The molecule has 7 nitrogen and oxygen atoms in total. The van der Waals surface area contributed by atoms with E-state index in [0.29, 0.717) is 36.7 Å². The van der Waals surface area contributed by atoms with Crippen molar-refractivity contribution in [3.05, 3.63) is 70.8 Å². The summed E-state index contributed by atoms with van der Waals surface area (Å²) in [6, 6.07) is 15.1. The number of guanidine groups is 1. The zero-order valence-corrected chi connectivity index (χ0v) is 20.7. The number of hydrogen-bond donors (Lipinski definition) is 4.